The number of ether oxygens (including phenoxy) is 1. The van der Waals surface area contributed by atoms with Gasteiger partial charge in [-0.05, 0) is 58.9 Å². The van der Waals surface area contributed by atoms with Crippen LogP contribution in [0.25, 0.3) is 0 Å². The summed E-state index contributed by atoms with van der Waals surface area (Å²) in [6.45, 7) is 9.13. The van der Waals surface area contributed by atoms with E-state index in [2.05, 4.69) is 31.0 Å². The average Bonchev–Trinajstić information content (AvgIpc) is 2.76. The molecule has 0 radical (unpaired) electrons. The van der Waals surface area contributed by atoms with Gasteiger partial charge in [0, 0.05) is 30.3 Å². The van der Waals surface area contributed by atoms with Crippen molar-refractivity contribution in [3.05, 3.63) is 0 Å². The molecule has 0 amide bonds. The second-order valence-corrected chi connectivity index (χ2v) is 7.39. The minimum Gasteiger partial charge on any atom is -0.377 e. The minimum atomic E-state index is 0.283. The van der Waals surface area contributed by atoms with E-state index in [1.54, 1.807) is 0 Å². The van der Waals surface area contributed by atoms with Crippen LogP contribution >= 0.6 is 0 Å². The number of fused-ring (bicyclic) bond motifs is 2. The van der Waals surface area contributed by atoms with Crippen molar-refractivity contribution in [3.8, 4) is 0 Å². The van der Waals surface area contributed by atoms with Gasteiger partial charge in [0.15, 0.2) is 0 Å². The smallest absolute Gasteiger partial charge is 0.0729 e. The lowest BCUT2D eigenvalue weighted by molar-refractivity contribution is -0.0802. The predicted molar refractivity (Wildman–Crippen MR) is 83.0 cm³/mol. The van der Waals surface area contributed by atoms with E-state index in [9.17, 15) is 0 Å². The molecule has 1 N–H and O–H groups in total. The van der Waals surface area contributed by atoms with Gasteiger partial charge >= 0.3 is 0 Å². The van der Waals surface area contributed by atoms with Crippen LogP contribution in [0.1, 0.15) is 65.7 Å². The van der Waals surface area contributed by atoms with Crippen LogP contribution < -0.4 is 5.32 Å². The normalized spacial score (nSPS) is 45.8. The van der Waals surface area contributed by atoms with E-state index in [1.807, 2.05) is 0 Å². The summed E-state index contributed by atoms with van der Waals surface area (Å²) < 4.78 is 5.92. The van der Waals surface area contributed by atoms with Crippen molar-refractivity contribution in [3.63, 3.8) is 0 Å². The molecule has 3 aliphatic heterocycles. The first-order valence-corrected chi connectivity index (χ1v) is 8.78. The molecule has 3 heteroatoms. The van der Waals surface area contributed by atoms with Crippen LogP contribution in [0.5, 0.6) is 0 Å². The zero-order chi connectivity index (χ0) is 14.2. The van der Waals surface area contributed by atoms with Gasteiger partial charge in [0.1, 0.15) is 0 Å². The van der Waals surface area contributed by atoms with E-state index in [4.69, 9.17) is 4.74 Å². The summed E-state index contributed by atoms with van der Waals surface area (Å²) in [6.07, 6.45) is 9.76. The summed E-state index contributed by atoms with van der Waals surface area (Å²) in [7, 11) is 0. The first kappa shape index (κ1) is 14.8. The highest BCUT2D eigenvalue weighted by molar-refractivity contribution is 5.06. The summed E-state index contributed by atoms with van der Waals surface area (Å²) in [4.78, 5) is 2.89. The molecule has 3 aliphatic rings. The van der Waals surface area contributed by atoms with Crippen molar-refractivity contribution in [2.45, 2.75) is 95.5 Å². The molecule has 3 saturated heterocycles. The summed E-state index contributed by atoms with van der Waals surface area (Å²) in [6, 6.07) is 2.32. The fraction of sp³-hybridized carbons (Fsp3) is 1.00. The van der Waals surface area contributed by atoms with Gasteiger partial charge in [0.05, 0.1) is 6.10 Å². The summed E-state index contributed by atoms with van der Waals surface area (Å²) in [5, 5.41) is 3.78. The highest BCUT2D eigenvalue weighted by Gasteiger charge is 2.51. The van der Waals surface area contributed by atoms with E-state index in [0.717, 1.165) is 24.7 Å². The molecule has 0 aromatic rings. The molecule has 116 valence electrons. The Hall–Kier alpha value is -0.120. The number of hydrogen-bond acceptors (Lipinski definition) is 3. The van der Waals surface area contributed by atoms with Crippen LogP contribution in [0.2, 0.25) is 0 Å². The zero-order valence-corrected chi connectivity index (χ0v) is 13.5. The van der Waals surface area contributed by atoms with Gasteiger partial charge in [-0.3, -0.25) is 4.90 Å². The lowest BCUT2D eigenvalue weighted by Gasteiger charge is -2.56. The molecule has 20 heavy (non-hydrogen) atoms. The zero-order valence-electron chi connectivity index (χ0n) is 13.5. The van der Waals surface area contributed by atoms with Gasteiger partial charge < -0.3 is 10.1 Å². The lowest BCUT2D eigenvalue weighted by Crippen LogP contribution is -2.65. The Labute approximate surface area is 124 Å². The van der Waals surface area contributed by atoms with Crippen LogP contribution in [-0.2, 0) is 4.74 Å². The Morgan fingerprint density at radius 2 is 1.95 bits per heavy atom. The third-order valence-corrected chi connectivity index (χ3v) is 6.10. The molecule has 0 spiro atoms. The summed E-state index contributed by atoms with van der Waals surface area (Å²) in [5.74, 6) is 0. The van der Waals surface area contributed by atoms with Crippen molar-refractivity contribution in [1.82, 2.24) is 10.2 Å². The average molecular weight is 280 g/mol. The summed E-state index contributed by atoms with van der Waals surface area (Å²) in [5.41, 5.74) is 0.283. The lowest BCUT2D eigenvalue weighted by atomic mass is 9.76. The Bertz CT molecular complexity index is 321. The monoisotopic (exact) mass is 280 g/mol. The molecule has 0 aromatic carbocycles. The van der Waals surface area contributed by atoms with Gasteiger partial charge in [-0.15, -0.1) is 0 Å². The molecule has 2 bridgehead atoms. The maximum atomic E-state index is 5.92. The number of nitrogens with zero attached hydrogens (tertiary/aromatic N) is 1. The van der Waals surface area contributed by atoms with Gasteiger partial charge in [-0.1, -0.05) is 13.3 Å². The molecule has 4 unspecified atom stereocenters. The predicted octanol–water partition coefficient (Wildman–Crippen LogP) is 2.94. The van der Waals surface area contributed by atoms with E-state index >= 15 is 0 Å². The van der Waals surface area contributed by atoms with Crippen molar-refractivity contribution < 1.29 is 4.74 Å². The SMILES string of the molecule is CCCNC1CC2CCCC(C1)N2C1(C)CCOC1C. The van der Waals surface area contributed by atoms with Crippen LogP contribution in [0.3, 0.4) is 0 Å². The molecule has 0 aliphatic carbocycles. The molecular formula is C17H32N2O. The Morgan fingerprint density at radius 1 is 1.25 bits per heavy atom. The maximum Gasteiger partial charge on any atom is 0.0729 e. The standard InChI is InChI=1S/C17H32N2O/c1-4-9-18-14-11-15-6-5-7-16(12-14)19(15)17(3)8-10-20-13(17)2/h13-16,18H,4-12H2,1-3H3. The van der Waals surface area contributed by atoms with Crippen molar-refractivity contribution in [2.75, 3.05) is 13.2 Å². The quantitative estimate of drug-likeness (QED) is 0.857. The highest BCUT2D eigenvalue weighted by atomic mass is 16.5. The maximum absolute atomic E-state index is 5.92. The molecule has 3 nitrogen and oxygen atoms in total. The van der Waals surface area contributed by atoms with Gasteiger partial charge in [-0.2, -0.15) is 0 Å². The highest BCUT2D eigenvalue weighted by Crippen LogP contribution is 2.44. The van der Waals surface area contributed by atoms with Gasteiger partial charge in [0.25, 0.3) is 0 Å². The fourth-order valence-electron chi connectivity index (χ4n) is 4.89. The number of hydrogen-bond donors (Lipinski definition) is 1. The second-order valence-electron chi connectivity index (χ2n) is 7.39. The largest absolute Gasteiger partial charge is 0.377 e. The Kier molecular flexibility index (Phi) is 4.40. The molecular weight excluding hydrogens is 248 g/mol. The third kappa shape index (κ3) is 2.53. The van der Waals surface area contributed by atoms with Crippen LogP contribution in [-0.4, -0.2) is 47.8 Å². The van der Waals surface area contributed by atoms with E-state index in [1.165, 1.54) is 51.5 Å². The summed E-state index contributed by atoms with van der Waals surface area (Å²) >= 11 is 0. The van der Waals surface area contributed by atoms with Crippen molar-refractivity contribution in [1.29, 1.82) is 0 Å². The molecule has 4 atom stereocenters. The number of rotatable bonds is 4. The topological polar surface area (TPSA) is 24.5 Å². The molecule has 0 aromatic heterocycles. The number of piperidine rings is 2. The minimum absolute atomic E-state index is 0.283. The number of nitrogens with one attached hydrogen (secondary N) is 1. The fourth-order valence-corrected chi connectivity index (χ4v) is 4.89. The van der Waals surface area contributed by atoms with Gasteiger partial charge in [0.2, 0.25) is 0 Å². The van der Waals surface area contributed by atoms with E-state index in [0.29, 0.717) is 6.10 Å². The van der Waals surface area contributed by atoms with Gasteiger partial charge in [-0.25, -0.2) is 0 Å². The molecule has 0 saturated carbocycles. The van der Waals surface area contributed by atoms with Crippen molar-refractivity contribution >= 4 is 0 Å². The second kappa shape index (κ2) is 5.94. The van der Waals surface area contributed by atoms with Crippen LogP contribution in [0.15, 0.2) is 0 Å². The first-order valence-electron chi connectivity index (χ1n) is 8.78. The van der Waals surface area contributed by atoms with Crippen LogP contribution in [0, 0.1) is 0 Å². The molecule has 3 rings (SSSR count). The van der Waals surface area contributed by atoms with E-state index in [-0.39, 0.29) is 5.54 Å². The Morgan fingerprint density at radius 3 is 2.50 bits per heavy atom. The molecule has 3 fully saturated rings. The van der Waals surface area contributed by atoms with Crippen molar-refractivity contribution in [2.24, 2.45) is 0 Å². The third-order valence-electron chi connectivity index (χ3n) is 6.10. The van der Waals surface area contributed by atoms with Crippen LogP contribution in [0.4, 0.5) is 0 Å². The molecule has 3 heterocycles. The first-order chi connectivity index (χ1) is 9.65. The van der Waals surface area contributed by atoms with E-state index < -0.39 is 0 Å². The Balaban J connectivity index is 1.73.